The Kier molecular flexibility index (Phi) is 5.03. The smallest absolute Gasteiger partial charge is 0.317 e. The Hall–Kier alpha value is -2.19. The summed E-state index contributed by atoms with van der Waals surface area (Å²) in [6.07, 6.45) is 1.48. The summed E-state index contributed by atoms with van der Waals surface area (Å²) in [7, 11) is 0. The van der Waals surface area contributed by atoms with Gasteiger partial charge in [-0.2, -0.15) is 4.98 Å². The molecule has 2 aromatic heterocycles. The number of thiazole rings is 1. The van der Waals surface area contributed by atoms with E-state index >= 15 is 0 Å². The van der Waals surface area contributed by atoms with Gasteiger partial charge in [-0.25, -0.2) is 9.18 Å². The van der Waals surface area contributed by atoms with Gasteiger partial charge in [0.1, 0.15) is 17.4 Å². The van der Waals surface area contributed by atoms with Crippen LogP contribution in [0.2, 0.25) is 0 Å². The molecule has 1 aromatic carbocycles. The number of carbonyl (C=O) groups excluding carboxylic acids is 1. The van der Waals surface area contributed by atoms with Crippen molar-refractivity contribution in [1.82, 2.24) is 15.2 Å². The van der Waals surface area contributed by atoms with E-state index in [-0.39, 0.29) is 18.0 Å². The summed E-state index contributed by atoms with van der Waals surface area (Å²) in [6.45, 7) is 1.84. The quantitative estimate of drug-likeness (QED) is 0.723. The van der Waals surface area contributed by atoms with E-state index in [2.05, 4.69) is 10.3 Å². The molecule has 1 aliphatic heterocycles. The van der Waals surface area contributed by atoms with E-state index < -0.39 is 0 Å². The first-order valence-electron chi connectivity index (χ1n) is 8.46. The lowest BCUT2D eigenvalue weighted by molar-refractivity contribution is 0.111. The van der Waals surface area contributed by atoms with Crippen LogP contribution in [0.5, 0.6) is 5.19 Å². The fourth-order valence-electron chi connectivity index (χ4n) is 2.95. The highest BCUT2D eigenvalue weighted by Gasteiger charge is 2.24. The number of fused-ring (bicyclic) bond motifs is 1. The van der Waals surface area contributed by atoms with Gasteiger partial charge in [-0.05, 0) is 23.6 Å². The minimum Gasteiger partial charge on any atom is -0.467 e. The van der Waals surface area contributed by atoms with Crippen molar-refractivity contribution in [2.75, 3.05) is 13.1 Å². The molecule has 4 rings (SSSR count). The zero-order valence-corrected chi connectivity index (χ0v) is 15.6. The second-order valence-electron chi connectivity index (χ2n) is 6.11. The number of rotatable bonds is 4. The number of hydrogen-bond acceptors (Lipinski definition) is 5. The van der Waals surface area contributed by atoms with Crippen molar-refractivity contribution in [3.63, 3.8) is 0 Å². The SMILES string of the molecule is O=C(NCc1cccs1)N1CCC(Oc2nc3c(F)cccc3s2)CC1. The Labute approximate surface area is 158 Å². The molecule has 0 unspecified atom stereocenters. The number of piperidine rings is 1. The number of hydrogen-bond donors (Lipinski definition) is 1. The highest BCUT2D eigenvalue weighted by molar-refractivity contribution is 7.20. The van der Waals surface area contributed by atoms with Gasteiger partial charge in [-0.3, -0.25) is 0 Å². The van der Waals surface area contributed by atoms with E-state index in [0.717, 1.165) is 22.4 Å². The summed E-state index contributed by atoms with van der Waals surface area (Å²) in [5, 5.41) is 5.44. The summed E-state index contributed by atoms with van der Waals surface area (Å²) in [6, 6.07) is 8.85. The maximum atomic E-state index is 13.7. The topological polar surface area (TPSA) is 54.5 Å². The molecule has 136 valence electrons. The van der Waals surface area contributed by atoms with Crippen molar-refractivity contribution in [2.45, 2.75) is 25.5 Å². The molecule has 26 heavy (non-hydrogen) atoms. The Morgan fingerprint density at radius 2 is 2.15 bits per heavy atom. The van der Waals surface area contributed by atoms with Gasteiger partial charge < -0.3 is 15.0 Å². The van der Waals surface area contributed by atoms with Gasteiger partial charge in [0, 0.05) is 30.8 Å². The fraction of sp³-hybridized carbons (Fsp3) is 0.333. The Bertz CT molecular complexity index is 889. The van der Waals surface area contributed by atoms with Crippen LogP contribution in [-0.4, -0.2) is 35.1 Å². The van der Waals surface area contributed by atoms with Gasteiger partial charge in [-0.15, -0.1) is 11.3 Å². The summed E-state index contributed by atoms with van der Waals surface area (Å²) in [5.74, 6) is -0.328. The Balaban J connectivity index is 1.29. The molecule has 3 aromatic rings. The molecule has 8 heteroatoms. The number of halogens is 1. The molecule has 1 fully saturated rings. The molecular weight excluding hydrogens is 373 g/mol. The van der Waals surface area contributed by atoms with Crippen molar-refractivity contribution in [1.29, 1.82) is 0 Å². The first-order chi connectivity index (χ1) is 12.7. The predicted octanol–water partition coefficient (Wildman–Crippen LogP) is 4.25. The van der Waals surface area contributed by atoms with E-state index in [9.17, 15) is 9.18 Å². The third-order valence-electron chi connectivity index (χ3n) is 4.34. The van der Waals surface area contributed by atoms with Crippen LogP contribution in [0.1, 0.15) is 17.7 Å². The molecule has 1 saturated heterocycles. The molecule has 0 aliphatic carbocycles. The maximum Gasteiger partial charge on any atom is 0.317 e. The molecule has 2 amide bonds. The van der Waals surface area contributed by atoms with Crippen LogP contribution < -0.4 is 10.1 Å². The molecule has 0 saturated carbocycles. The number of aromatic nitrogens is 1. The lowest BCUT2D eigenvalue weighted by Gasteiger charge is -2.31. The molecule has 0 spiro atoms. The second-order valence-corrected chi connectivity index (χ2v) is 8.13. The number of thiophene rings is 1. The van der Waals surface area contributed by atoms with E-state index in [1.165, 1.54) is 17.4 Å². The molecule has 3 heterocycles. The van der Waals surface area contributed by atoms with Crippen LogP contribution in [0.4, 0.5) is 9.18 Å². The number of urea groups is 1. The van der Waals surface area contributed by atoms with Crippen molar-refractivity contribution in [3.05, 3.63) is 46.4 Å². The molecule has 1 N–H and O–H groups in total. The highest BCUT2D eigenvalue weighted by Crippen LogP contribution is 2.31. The third-order valence-corrected chi connectivity index (χ3v) is 6.13. The monoisotopic (exact) mass is 391 g/mol. The molecule has 0 bridgehead atoms. The van der Waals surface area contributed by atoms with Crippen LogP contribution in [0.25, 0.3) is 10.2 Å². The third kappa shape index (κ3) is 3.81. The van der Waals surface area contributed by atoms with Gasteiger partial charge in [-0.1, -0.05) is 23.5 Å². The van der Waals surface area contributed by atoms with Crippen molar-refractivity contribution in [3.8, 4) is 5.19 Å². The summed E-state index contributed by atoms with van der Waals surface area (Å²) >= 11 is 2.98. The minimum absolute atomic E-state index is 0.0000283. The molecule has 5 nitrogen and oxygen atoms in total. The van der Waals surface area contributed by atoms with Gasteiger partial charge >= 0.3 is 6.03 Å². The largest absolute Gasteiger partial charge is 0.467 e. The average Bonchev–Trinajstić information content (AvgIpc) is 3.30. The number of benzene rings is 1. The zero-order valence-electron chi connectivity index (χ0n) is 14.0. The zero-order chi connectivity index (χ0) is 17.9. The van der Waals surface area contributed by atoms with E-state index in [0.29, 0.717) is 30.3 Å². The number of para-hydroxylation sites is 1. The molecule has 0 radical (unpaired) electrons. The van der Waals surface area contributed by atoms with Gasteiger partial charge in [0.2, 0.25) is 0 Å². The second kappa shape index (κ2) is 7.59. The predicted molar refractivity (Wildman–Crippen MR) is 101 cm³/mol. The standard InChI is InChI=1S/C18H18FN3O2S2/c19-14-4-1-5-15-16(14)21-18(26-15)24-12-6-8-22(9-7-12)17(23)20-11-13-3-2-10-25-13/h1-5,10,12H,6-9,11H2,(H,20,23). The first kappa shape index (κ1) is 17.2. The summed E-state index contributed by atoms with van der Waals surface area (Å²) < 4.78 is 20.4. The fourth-order valence-corrected chi connectivity index (χ4v) is 4.49. The maximum absolute atomic E-state index is 13.7. The van der Waals surface area contributed by atoms with Crippen LogP contribution in [0, 0.1) is 5.82 Å². The lowest BCUT2D eigenvalue weighted by atomic mass is 10.1. The number of nitrogens with zero attached hydrogens (tertiary/aromatic N) is 2. The molecule has 1 aliphatic rings. The molecule has 0 atom stereocenters. The van der Waals surface area contributed by atoms with Crippen LogP contribution in [-0.2, 0) is 6.54 Å². The van der Waals surface area contributed by atoms with Crippen LogP contribution in [0.3, 0.4) is 0 Å². The summed E-state index contributed by atoms with van der Waals surface area (Å²) in [4.78, 5) is 19.4. The van der Waals surface area contributed by atoms with Gasteiger partial charge in [0.05, 0.1) is 11.2 Å². The van der Waals surface area contributed by atoms with E-state index in [1.807, 2.05) is 28.5 Å². The minimum atomic E-state index is -0.328. The Morgan fingerprint density at radius 3 is 2.88 bits per heavy atom. The number of ether oxygens (including phenoxy) is 1. The molecular formula is C18H18FN3O2S2. The van der Waals surface area contributed by atoms with Crippen LogP contribution >= 0.6 is 22.7 Å². The van der Waals surface area contributed by atoms with E-state index in [1.54, 1.807) is 17.4 Å². The number of nitrogens with one attached hydrogen (secondary N) is 1. The van der Waals surface area contributed by atoms with Gasteiger partial charge in [0.25, 0.3) is 5.19 Å². The van der Waals surface area contributed by atoms with Crippen molar-refractivity contribution >= 4 is 38.9 Å². The normalized spacial score (nSPS) is 15.3. The van der Waals surface area contributed by atoms with Crippen LogP contribution in [0.15, 0.2) is 35.7 Å². The van der Waals surface area contributed by atoms with Crippen molar-refractivity contribution < 1.29 is 13.9 Å². The van der Waals surface area contributed by atoms with E-state index in [4.69, 9.17) is 4.74 Å². The Morgan fingerprint density at radius 1 is 1.31 bits per heavy atom. The highest BCUT2D eigenvalue weighted by atomic mass is 32.1. The van der Waals surface area contributed by atoms with Crippen molar-refractivity contribution in [2.24, 2.45) is 0 Å². The summed E-state index contributed by atoms with van der Waals surface area (Å²) in [5.41, 5.74) is 0.359. The average molecular weight is 391 g/mol. The number of amides is 2. The van der Waals surface area contributed by atoms with Gasteiger partial charge in [0.15, 0.2) is 0 Å². The first-order valence-corrected chi connectivity index (χ1v) is 10.2. The number of carbonyl (C=O) groups is 1. The number of likely N-dealkylation sites (tertiary alicyclic amines) is 1. The lowest BCUT2D eigenvalue weighted by Crippen LogP contribution is -2.46.